The van der Waals surface area contributed by atoms with Gasteiger partial charge in [-0.2, -0.15) is 0 Å². The van der Waals surface area contributed by atoms with E-state index in [2.05, 4.69) is 15.3 Å². The third-order valence-electron chi connectivity index (χ3n) is 4.09. The minimum Gasteiger partial charge on any atom is -0.339 e. The number of nitrogens with zero attached hydrogens (tertiary/aromatic N) is 3. The molecule has 124 valence electrons. The van der Waals surface area contributed by atoms with E-state index >= 15 is 0 Å². The third-order valence-corrected chi connectivity index (χ3v) is 4.09. The number of anilines is 2. The van der Waals surface area contributed by atoms with E-state index in [0.29, 0.717) is 17.1 Å². The summed E-state index contributed by atoms with van der Waals surface area (Å²) in [5.74, 6) is 0.436. The summed E-state index contributed by atoms with van der Waals surface area (Å²) in [4.78, 5) is 33.9. The number of Topliss-reactive ketones (excluding diaryl/α,β-unsaturated/α-hetero) is 1. The molecule has 3 rings (SSSR count). The van der Waals surface area contributed by atoms with E-state index in [1.54, 1.807) is 36.7 Å². The molecule has 0 unspecified atom stereocenters. The van der Waals surface area contributed by atoms with Crippen LogP contribution in [-0.2, 0) is 0 Å². The lowest BCUT2D eigenvalue weighted by Crippen LogP contribution is -2.35. The molecule has 1 N–H and O–H groups in total. The van der Waals surface area contributed by atoms with Crippen LogP contribution in [0.2, 0.25) is 0 Å². The Morgan fingerprint density at radius 3 is 2.17 bits per heavy atom. The first-order valence-corrected chi connectivity index (χ1v) is 8.13. The Balaban J connectivity index is 1.65. The monoisotopic (exact) mass is 324 g/mol. The van der Waals surface area contributed by atoms with E-state index < -0.39 is 0 Å². The van der Waals surface area contributed by atoms with Gasteiger partial charge in [0, 0.05) is 36.7 Å². The summed E-state index contributed by atoms with van der Waals surface area (Å²) in [6.07, 6.45) is 6.41. The average Bonchev–Trinajstić information content (AvgIpc) is 2.63. The first-order valence-electron chi connectivity index (χ1n) is 8.13. The highest BCUT2D eigenvalue weighted by Gasteiger charge is 2.18. The lowest BCUT2D eigenvalue weighted by Gasteiger charge is -2.26. The van der Waals surface area contributed by atoms with Crippen LogP contribution in [0, 0.1) is 0 Å². The number of piperidine rings is 1. The SMILES string of the molecule is CC(=O)c1ccc(Nc2ncc(C(=O)N3CCCCC3)cn2)cc1. The Morgan fingerprint density at radius 1 is 0.958 bits per heavy atom. The van der Waals surface area contributed by atoms with Crippen LogP contribution >= 0.6 is 0 Å². The number of benzene rings is 1. The second-order valence-corrected chi connectivity index (χ2v) is 5.91. The van der Waals surface area contributed by atoms with Crippen molar-refractivity contribution in [3.05, 3.63) is 47.8 Å². The maximum Gasteiger partial charge on any atom is 0.256 e. The van der Waals surface area contributed by atoms with Gasteiger partial charge in [0.05, 0.1) is 5.56 Å². The number of rotatable bonds is 4. The fraction of sp³-hybridized carbons (Fsp3) is 0.333. The van der Waals surface area contributed by atoms with Gasteiger partial charge in [-0.1, -0.05) is 0 Å². The molecule has 1 aliphatic heterocycles. The molecule has 24 heavy (non-hydrogen) atoms. The predicted octanol–water partition coefficient (Wildman–Crippen LogP) is 3.05. The van der Waals surface area contributed by atoms with Crippen LogP contribution in [0.25, 0.3) is 0 Å². The van der Waals surface area contributed by atoms with Gasteiger partial charge in [0.2, 0.25) is 5.95 Å². The molecule has 0 atom stereocenters. The summed E-state index contributed by atoms with van der Waals surface area (Å²) in [5.41, 5.74) is 1.95. The third kappa shape index (κ3) is 3.76. The molecule has 1 aromatic carbocycles. The van der Waals surface area contributed by atoms with Gasteiger partial charge in [-0.05, 0) is 50.5 Å². The van der Waals surface area contributed by atoms with Gasteiger partial charge in [0.1, 0.15) is 0 Å². The number of aromatic nitrogens is 2. The highest BCUT2D eigenvalue weighted by atomic mass is 16.2. The lowest BCUT2D eigenvalue weighted by molar-refractivity contribution is 0.0723. The molecule has 0 bridgehead atoms. The van der Waals surface area contributed by atoms with Crippen molar-refractivity contribution < 1.29 is 9.59 Å². The van der Waals surface area contributed by atoms with Crippen LogP contribution in [0.15, 0.2) is 36.7 Å². The number of likely N-dealkylation sites (tertiary alicyclic amines) is 1. The molecule has 1 aromatic heterocycles. The minimum absolute atomic E-state index is 0.00735. The summed E-state index contributed by atoms with van der Waals surface area (Å²) in [6.45, 7) is 3.15. The maximum absolute atomic E-state index is 12.4. The van der Waals surface area contributed by atoms with Gasteiger partial charge in [-0.3, -0.25) is 9.59 Å². The first kappa shape index (κ1) is 16.1. The van der Waals surface area contributed by atoms with Crippen LogP contribution in [0.4, 0.5) is 11.6 Å². The van der Waals surface area contributed by atoms with Crippen LogP contribution in [0.5, 0.6) is 0 Å². The molecule has 1 saturated heterocycles. The molecule has 6 heteroatoms. The predicted molar refractivity (Wildman–Crippen MR) is 91.5 cm³/mol. The maximum atomic E-state index is 12.4. The number of hydrogen-bond acceptors (Lipinski definition) is 5. The van der Waals surface area contributed by atoms with Crippen molar-refractivity contribution in [3.63, 3.8) is 0 Å². The van der Waals surface area contributed by atoms with Crippen LogP contribution in [-0.4, -0.2) is 39.6 Å². The van der Waals surface area contributed by atoms with Crippen molar-refractivity contribution in [1.82, 2.24) is 14.9 Å². The van der Waals surface area contributed by atoms with Crippen molar-refractivity contribution in [2.75, 3.05) is 18.4 Å². The number of ketones is 1. The van der Waals surface area contributed by atoms with Crippen LogP contribution in [0.1, 0.15) is 46.9 Å². The highest BCUT2D eigenvalue weighted by molar-refractivity contribution is 5.94. The van der Waals surface area contributed by atoms with E-state index in [1.807, 2.05) is 4.90 Å². The van der Waals surface area contributed by atoms with Crippen molar-refractivity contribution in [2.24, 2.45) is 0 Å². The van der Waals surface area contributed by atoms with Gasteiger partial charge < -0.3 is 10.2 Å². The summed E-state index contributed by atoms with van der Waals surface area (Å²) in [7, 11) is 0. The first-order chi connectivity index (χ1) is 11.6. The molecule has 0 spiro atoms. The van der Waals surface area contributed by atoms with Crippen molar-refractivity contribution in [2.45, 2.75) is 26.2 Å². The van der Waals surface area contributed by atoms with Crippen LogP contribution < -0.4 is 5.32 Å². The largest absolute Gasteiger partial charge is 0.339 e. The Bertz CT molecular complexity index is 720. The molecule has 2 heterocycles. The second kappa shape index (κ2) is 7.21. The zero-order chi connectivity index (χ0) is 16.9. The quantitative estimate of drug-likeness (QED) is 0.875. The molecular formula is C18H20N4O2. The molecule has 1 aliphatic rings. The van der Waals surface area contributed by atoms with Gasteiger partial charge in [0.25, 0.3) is 5.91 Å². The molecular weight excluding hydrogens is 304 g/mol. The Labute approximate surface area is 140 Å². The number of carbonyl (C=O) groups is 2. The van der Waals surface area contributed by atoms with E-state index in [1.165, 1.54) is 13.3 Å². The summed E-state index contributed by atoms with van der Waals surface area (Å²) in [5, 5.41) is 3.06. The van der Waals surface area contributed by atoms with E-state index in [4.69, 9.17) is 0 Å². The second-order valence-electron chi connectivity index (χ2n) is 5.91. The lowest BCUT2D eigenvalue weighted by atomic mass is 10.1. The Hall–Kier alpha value is -2.76. The van der Waals surface area contributed by atoms with Crippen molar-refractivity contribution in [3.8, 4) is 0 Å². The summed E-state index contributed by atoms with van der Waals surface area (Å²) in [6, 6.07) is 7.09. The molecule has 2 aromatic rings. The van der Waals surface area contributed by atoms with Gasteiger partial charge in [0.15, 0.2) is 5.78 Å². The highest BCUT2D eigenvalue weighted by Crippen LogP contribution is 2.16. The number of amides is 1. The Kier molecular flexibility index (Phi) is 4.84. The van der Waals surface area contributed by atoms with E-state index in [9.17, 15) is 9.59 Å². The molecule has 6 nitrogen and oxygen atoms in total. The fourth-order valence-electron chi connectivity index (χ4n) is 2.70. The van der Waals surface area contributed by atoms with Crippen LogP contribution in [0.3, 0.4) is 0 Å². The van der Waals surface area contributed by atoms with Gasteiger partial charge >= 0.3 is 0 Å². The number of hydrogen-bond donors (Lipinski definition) is 1. The number of nitrogens with one attached hydrogen (secondary N) is 1. The van der Waals surface area contributed by atoms with Gasteiger partial charge in [-0.25, -0.2) is 9.97 Å². The zero-order valence-electron chi connectivity index (χ0n) is 13.7. The van der Waals surface area contributed by atoms with Crippen molar-refractivity contribution >= 4 is 23.3 Å². The van der Waals surface area contributed by atoms with Gasteiger partial charge in [-0.15, -0.1) is 0 Å². The number of carbonyl (C=O) groups excluding carboxylic acids is 2. The molecule has 0 saturated carbocycles. The average molecular weight is 324 g/mol. The Morgan fingerprint density at radius 2 is 1.58 bits per heavy atom. The summed E-state index contributed by atoms with van der Waals surface area (Å²) >= 11 is 0. The standard InChI is InChI=1S/C18H20N4O2/c1-13(23)14-5-7-16(8-6-14)21-18-19-11-15(12-20-18)17(24)22-9-3-2-4-10-22/h5-8,11-12H,2-4,9-10H2,1H3,(H,19,20,21). The molecule has 0 radical (unpaired) electrons. The van der Waals surface area contributed by atoms with E-state index in [-0.39, 0.29) is 11.7 Å². The van der Waals surface area contributed by atoms with Crippen molar-refractivity contribution in [1.29, 1.82) is 0 Å². The zero-order valence-corrected chi connectivity index (χ0v) is 13.7. The molecule has 1 fully saturated rings. The summed E-state index contributed by atoms with van der Waals surface area (Å²) < 4.78 is 0. The minimum atomic E-state index is -0.00735. The van der Waals surface area contributed by atoms with E-state index in [0.717, 1.165) is 31.6 Å². The topological polar surface area (TPSA) is 75.2 Å². The normalized spacial score (nSPS) is 14.3. The smallest absolute Gasteiger partial charge is 0.256 e. The molecule has 1 amide bonds. The molecule has 0 aliphatic carbocycles. The fourth-order valence-corrected chi connectivity index (χ4v) is 2.70.